The molecule has 0 spiro atoms. The maximum atomic E-state index is 11.4. The number of hydrogen-bond acceptors (Lipinski definition) is 6. The number of nitrogens with two attached hydrogens (primary N) is 1. The van der Waals surface area contributed by atoms with Crippen LogP contribution in [0.3, 0.4) is 0 Å². The van der Waals surface area contributed by atoms with Gasteiger partial charge in [0.25, 0.3) is 0 Å². The van der Waals surface area contributed by atoms with Crippen LogP contribution in [0.25, 0.3) is 0 Å². The lowest BCUT2D eigenvalue weighted by atomic mass is 10.0. The van der Waals surface area contributed by atoms with Crippen molar-refractivity contribution >= 4 is 36.0 Å². The molecule has 1 aliphatic carbocycles. The monoisotopic (exact) mass is 430 g/mol. The molecule has 0 radical (unpaired) electrons. The number of hydrogen-bond donors (Lipinski definition) is 3. The number of anilines is 2. The number of nitrogens with zero attached hydrogens (tertiary/aromatic N) is 1. The summed E-state index contributed by atoms with van der Waals surface area (Å²) in [6.07, 6.45) is 6.62. The number of carbonyl (C=O) groups excluding carboxylic acids is 1. The van der Waals surface area contributed by atoms with E-state index in [0.29, 0.717) is 6.04 Å². The number of nitrogens with one attached hydrogen (secondary N) is 2. The molecule has 3 rings (SSSR count). The van der Waals surface area contributed by atoms with Crippen LogP contribution in [-0.2, 0) is 9.53 Å². The first-order chi connectivity index (χ1) is 14.0. The second kappa shape index (κ2) is 11.5. The minimum absolute atomic E-state index is 0. The molecule has 162 valence electrons. The Kier molecular flexibility index (Phi) is 8.99. The first-order valence-electron chi connectivity index (χ1n) is 10.1. The van der Waals surface area contributed by atoms with Crippen molar-refractivity contribution in [3.63, 3.8) is 0 Å². The number of benzene rings is 2. The van der Waals surface area contributed by atoms with Gasteiger partial charge in [0, 0.05) is 24.3 Å². The summed E-state index contributed by atoms with van der Waals surface area (Å²) < 4.78 is 5.35. The van der Waals surface area contributed by atoms with E-state index in [1.807, 2.05) is 24.3 Å². The molecule has 1 fully saturated rings. The Balaban J connectivity index is 0.00000320. The fraction of sp³-hybridized carbons (Fsp3) is 0.391. The Morgan fingerprint density at radius 1 is 1.20 bits per heavy atom. The molecule has 1 saturated carbocycles. The second-order valence-electron chi connectivity index (χ2n) is 7.66. The maximum absolute atomic E-state index is 11.4. The number of ether oxygens (including phenoxy) is 1. The molecule has 0 saturated heterocycles. The lowest BCUT2D eigenvalue weighted by Crippen LogP contribution is -2.20. The first-order valence-corrected chi connectivity index (χ1v) is 10.1. The van der Waals surface area contributed by atoms with Crippen LogP contribution >= 0.6 is 12.4 Å². The predicted molar refractivity (Wildman–Crippen MR) is 126 cm³/mol. The van der Waals surface area contributed by atoms with Gasteiger partial charge in [0.2, 0.25) is 0 Å². The number of carbonyl (C=O) groups is 1. The Morgan fingerprint density at radius 2 is 1.90 bits per heavy atom. The van der Waals surface area contributed by atoms with Gasteiger partial charge >= 0.3 is 5.97 Å². The molecular weight excluding hydrogens is 400 g/mol. The highest BCUT2D eigenvalue weighted by molar-refractivity contribution is 5.85. The van der Waals surface area contributed by atoms with Crippen molar-refractivity contribution in [2.45, 2.75) is 51.6 Å². The summed E-state index contributed by atoms with van der Waals surface area (Å²) in [5.74, 6) is 4.92. The quantitative estimate of drug-likeness (QED) is 0.243. The van der Waals surface area contributed by atoms with Gasteiger partial charge in [-0.25, -0.2) is 0 Å². The highest BCUT2D eigenvalue weighted by Gasteiger charge is 2.18. The van der Waals surface area contributed by atoms with Crippen molar-refractivity contribution in [3.8, 4) is 0 Å². The number of esters is 1. The number of halogens is 1. The molecule has 0 aromatic heterocycles. The minimum atomic E-state index is -0.289. The fourth-order valence-electron chi connectivity index (χ4n) is 3.78. The Labute approximate surface area is 184 Å². The molecule has 1 unspecified atom stereocenters. The van der Waals surface area contributed by atoms with E-state index < -0.39 is 0 Å². The molecule has 6 nitrogen and oxygen atoms in total. The highest BCUT2D eigenvalue weighted by Crippen LogP contribution is 2.27. The molecule has 30 heavy (non-hydrogen) atoms. The Morgan fingerprint density at radius 3 is 2.53 bits per heavy atom. The smallest absolute Gasteiger partial charge is 0.302 e. The number of hydrazone groups is 1. The molecule has 0 amide bonds. The van der Waals surface area contributed by atoms with E-state index in [-0.39, 0.29) is 31.0 Å². The van der Waals surface area contributed by atoms with Crippen LogP contribution in [0, 0.1) is 6.92 Å². The summed E-state index contributed by atoms with van der Waals surface area (Å²) in [6.45, 7) is 3.78. The highest BCUT2D eigenvalue weighted by atomic mass is 35.5. The van der Waals surface area contributed by atoms with E-state index in [2.05, 4.69) is 40.9 Å². The topological polar surface area (TPSA) is 88.7 Å². The lowest BCUT2D eigenvalue weighted by Gasteiger charge is -2.22. The van der Waals surface area contributed by atoms with E-state index in [1.165, 1.54) is 38.2 Å². The van der Waals surface area contributed by atoms with Crippen molar-refractivity contribution < 1.29 is 9.53 Å². The summed E-state index contributed by atoms with van der Waals surface area (Å²) in [5, 5.41) is 10.7. The Hall–Kier alpha value is -2.73. The van der Waals surface area contributed by atoms with Gasteiger partial charge in [0.1, 0.15) is 6.61 Å². The van der Waals surface area contributed by atoms with Gasteiger partial charge in [-0.05, 0) is 60.7 Å². The summed E-state index contributed by atoms with van der Waals surface area (Å²) in [7, 11) is 0. The Bertz CT molecular complexity index is 849. The number of aryl methyl sites for hydroxylation is 1. The van der Waals surface area contributed by atoms with Crippen molar-refractivity contribution in [3.05, 3.63) is 59.2 Å². The average Bonchev–Trinajstić information content (AvgIpc) is 3.19. The van der Waals surface area contributed by atoms with E-state index in [4.69, 9.17) is 10.6 Å². The zero-order chi connectivity index (χ0) is 20.6. The number of rotatable bonds is 8. The van der Waals surface area contributed by atoms with E-state index in [0.717, 1.165) is 22.5 Å². The zero-order valence-electron chi connectivity index (χ0n) is 17.6. The van der Waals surface area contributed by atoms with Crippen LogP contribution in [0.2, 0.25) is 0 Å². The van der Waals surface area contributed by atoms with Gasteiger partial charge in [-0.2, -0.15) is 5.10 Å². The summed E-state index contributed by atoms with van der Waals surface area (Å²) >= 11 is 0. The maximum Gasteiger partial charge on any atom is 0.302 e. The van der Waals surface area contributed by atoms with E-state index in [1.54, 1.807) is 6.21 Å². The minimum Gasteiger partial charge on any atom is -0.463 e. The summed E-state index contributed by atoms with van der Waals surface area (Å²) in [6, 6.07) is 14.6. The third-order valence-corrected chi connectivity index (χ3v) is 5.16. The van der Waals surface area contributed by atoms with Gasteiger partial charge in [-0.1, -0.05) is 31.0 Å². The van der Waals surface area contributed by atoms with Gasteiger partial charge in [0.15, 0.2) is 0 Å². The molecule has 0 heterocycles. The average molecular weight is 431 g/mol. The van der Waals surface area contributed by atoms with Crippen molar-refractivity contribution in [2.24, 2.45) is 10.9 Å². The van der Waals surface area contributed by atoms with Crippen molar-refractivity contribution in [2.75, 3.05) is 17.2 Å². The van der Waals surface area contributed by atoms with Gasteiger partial charge < -0.3 is 21.2 Å². The predicted octanol–water partition coefficient (Wildman–Crippen LogP) is 4.78. The lowest BCUT2D eigenvalue weighted by molar-refractivity contribution is -0.141. The van der Waals surface area contributed by atoms with E-state index in [9.17, 15) is 4.79 Å². The van der Waals surface area contributed by atoms with Crippen LogP contribution in [0.5, 0.6) is 0 Å². The van der Waals surface area contributed by atoms with Crippen LogP contribution in [0.15, 0.2) is 47.6 Å². The summed E-state index contributed by atoms with van der Waals surface area (Å²) in [5.41, 5.74) is 5.24. The zero-order valence-corrected chi connectivity index (χ0v) is 18.4. The van der Waals surface area contributed by atoms with Crippen LogP contribution in [0.1, 0.15) is 55.3 Å². The normalized spacial score (nSPS) is 14.9. The van der Waals surface area contributed by atoms with Crippen molar-refractivity contribution in [1.82, 2.24) is 0 Å². The molecule has 0 bridgehead atoms. The third kappa shape index (κ3) is 6.95. The fourth-order valence-corrected chi connectivity index (χ4v) is 3.78. The molecule has 4 N–H and O–H groups in total. The second-order valence-corrected chi connectivity index (χ2v) is 7.66. The van der Waals surface area contributed by atoms with Crippen molar-refractivity contribution in [1.29, 1.82) is 0 Å². The SMILES string of the molecule is CC(=O)OCC(Nc1ccc(C=NN)cc1)c1cc(C)cc(NC2CCCC2)c1.Cl. The molecule has 1 aliphatic rings. The molecule has 2 aromatic carbocycles. The largest absolute Gasteiger partial charge is 0.463 e. The van der Waals surface area contributed by atoms with Crippen LogP contribution in [0.4, 0.5) is 11.4 Å². The van der Waals surface area contributed by atoms with Gasteiger partial charge in [-0.3, -0.25) is 4.79 Å². The molecule has 2 aromatic rings. The van der Waals surface area contributed by atoms with Gasteiger partial charge in [0.05, 0.1) is 12.3 Å². The first kappa shape index (κ1) is 23.5. The molecule has 7 heteroatoms. The van der Waals surface area contributed by atoms with Gasteiger partial charge in [-0.15, -0.1) is 12.4 Å². The third-order valence-electron chi connectivity index (χ3n) is 5.16. The van der Waals surface area contributed by atoms with Crippen LogP contribution in [-0.4, -0.2) is 24.8 Å². The molecule has 0 aliphatic heterocycles. The standard InChI is InChI=1S/C23H30N4O2.ClH/c1-16-11-19(13-22(12-16)26-20-5-3-4-6-20)23(15-29-17(2)28)27-21-9-7-18(8-10-21)14-25-24;/h7-14,20,23,26-27H,3-6,15,24H2,1-2H3;1H. The summed E-state index contributed by atoms with van der Waals surface area (Å²) in [4.78, 5) is 11.4. The molecular formula is C23H31ClN4O2. The van der Waals surface area contributed by atoms with E-state index >= 15 is 0 Å². The molecule has 1 atom stereocenters. The van der Waals surface area contributed by atoms with Crippen LogP contribution < -0.4 is 16.5 Å².